The summed E-state index contributed by atoms with van der Waals surface area (Å²) in [5.41, 5.74) is -0.189. The predicted octanol–water partition coefficient (Wildman–Crippen LogP) is 3.37. The van der Waals surface area contributed by atoms with Crippen molar-refractivity contribution in [3.63, 3.8) is 0 Å². The molecular formula is C10H7F3N2S. The lowest BCUT2D eigenvalue weighted by molar-refractivity contribution is -0.143. The maximum atomic E-state index is 12.6. The van der Waals surface area contributed by atoms with E-state index >= 15 is 0 Å². The van der Waals surface area contributed by atoms with Gasteiger partial charge in [-0.25, -0.2) is 9.97 Å². The van der Waals surface area contributed by atoms with Crippen molar-refractivity contribution < 1.29 is 13.2 Å². The molecule has 0 atom stereocenters. The van der Waals surface area contributed by atoms with Crippen LogP contribution in [-0.2, 0) is 6.18 Å². The van der Waals surface area contributed by atoms with E-state index in [1.54, 1.807) is 24.5 Å². The summed E-state index contributed by atoms with van der Waals surface area (Å²) in [6.07, 6.45) is -2.91. The van der Waals surface area contributed by atoms with Crippen LogP contribution in [-0.4, -0.2) is 16.2 Å². The first kappa shape index (κ1) is 11.2. The molecule has 2 aromatic rings. The lowest BCUT2D eigenvalue weighted by Gasteiger charge is -2.10. The molecule has 2 nitrogen and oxygen atoms in total. The van der Waals surface area contributed by atoms with Gasteiger partial charge in [0.15, 0.2) is 5.69 Å². The number of rotatable bonds is 1. The van der Waals surface area contributed by atoms with Gasteiger partial charge < -0.3 is 0 Å². The highest BCUT2D eigenvalue weighted by atomic mass is 32.2. The predicted molar refractivity (Wildman–Crippen MR) is 56.3 cm³/mol. The van der Waals surface area contributed by atoms with Gasteiger partial charge in [0.05, 0.1) is 11.0 Å². The minimum absolute atomic E-state index is 0.0915. The average molecular weight is 244 g/mol. The van der Waals surface area contributed by atoms with Crippen LogP contribution in [0.15, 0.2) is 29.3 Å². The normalized spacial score (nSPS) is 12.0. The van der Waals surface area contributed by atoms with Gasteiger partial charge in [0.25, 0.3) is 0 Å². The lowest BCUT2D eigenvalue weighted by Crippen LogP contribution is -2.11. The molecule has 0 N–H and O–H groups in total. The molecule has 16 heavy (non-hydrogen) atoms. The zero-order valence-electron chi connectivity index (χ0n) is 8.25. The van der Waals surface area contributed by atoms with Crippen LogP contribution in [0.2, 0.25) is 0 Å². The summed E-state index contributed by atoms with van der Waals surface area (Å²) in [6, 6.07) is 6.51. The second kappa shape index (κ2) is 3.93. The van der Waals surface area contributed by atoms with Crippen LogP contribution in [0.25, 0.3) is 11.0 Å². The number of hydrogen-bond acceptors (Lipinski definition) is 3. The zero-order valence-corrected chi connectivity index (χ0v) is 9.06. The van der Waals surface area contributed by atoms with Crippen molar-refractivity contribution in [2.45, 2.75) is 11.2 Å². The van der Waals surface area contributed by atoms with E-state index in [1.807, 2.05) is 0 Å². The molecule has 0 saturated carbocycles. The number of aromatic nitrogens is 2. The van der Waals surface area contributed by atoms with Crippen LogP contribution in [0, 0.1) is 0 Å². The molecule has 0 aliphatic heterocycles. The van der Waals surface area contributed by atoms with E-state index < -0.39 is 11.9 Å². The molecule has 0 radical (unpaired) electrons. The monoisotopic (exact) mass is 244 g/mol. The van der Waals surface area contributed by atoms with Crippen LogP contribution in [0.4, 0.5) is 13.2 Å². The Morgan fingerprint density at radius 2 is 1.62 bits per heavy atom. The van der Waals surface area contributed by atoms with Crippen LogP contribution in [0.3, 0.4) is 0 Å². The standard InChI is InChI=1S/C10H7F3N2S/c1-16-9-8(10(11,12)13)14-6-4-2-3-5-7(6)15-9/h2-5H,1H3. The number of benzene rings is 1. The van der Waals surface area contributed by atoms with Crippen LogP contribution in [0.1, 0.15) is 5.69 Å². The van der Waals surface area contributed by atoms with Crippen molar-refractivity contribution in [1.82, 2.24) is 9.97 Å². The number of nitrogens with zero attached hydrogens (tertiary/aromatic N) is 2. The zero-order chi connectivity index (χ0) is 11.8. The molecule has 1 aromatic heterocycles. The second-order valence-electron chi connectivity index (χ2n) is 3.07. The maximum absolute atomic E-state index is 12.6. The highest BCUT2D eigenvalue weighted by molar-refractivity contribution is 7.98. The number of alkyl halides is 3. The van der Waals surface area contributed by atoms with Crippen molar-refractivity contribution in [2.24, 2.45) is 0 Å². The topological polar surface area (TPSA) is 25.8 Å². The van der Waals surface area contributed by atoms with E-state index in [9.17, 15) is 13.2 Å². The summed E-state index contributed by atoms with van der Waals surface area (Å²) >= 11 is 0.944. The second-order valence-corrected chi connectivity index (χ2v) is 3.86. The Hall–Kier alpha value is -1.30. The average Bonchev–Trinajstić information content (AvgIpc) is 2.26. The molecule has 1 heterocycles. The molecular weight excluding hydrogens is 237 g/mol. The van der Waals surface area contributed by atoms with E-state index in [2.05, 4.69) is 9.97 Å². The number of hydrogen-bond donors (Lipinski definition) is 0. The third kappa shape index (κ3) is 1.97. The molecule has 0 saturated heterocycles. The first-order chi connectivity index (χ1) is 7.52. The Bertz CT molecular complexity index is 525. The summed E-state index contributed by atoms with van der Waals surface area (Å²) in [5, 5.41) is -0.0915. The Balaban J connectivity index is 2.73. The van der Waals surface area contributed by atoms with Crippen molar-refractivity contribution in [1.29, 1.82) is 0 Å². The minimum atomic E-state index is -4.46. The summed E-state index contributed by atoms with van der Waals surface area (Å²) in [7, 11) is 0. The fraction of sp³-hybridized carbons (Fsp3) is 0.200. The molecule has 0 spiro atoms. The van der Waals surface area contributed by atoms with Crippen molar-refractivity contribution in [3.8, 4) is 0 Å². The summed E-state index contributed by atoms with van der Waals surface area (Å²) in [6.45, 7) is 0. The highest BCUT2D eigenvalue weighted by Crippen LogP contribution is 2.34. The first-order valence-corrected chi connectivity index (χ1v) is 5.63. The third-order valence-corrected chi connectivity index (χ3v) is 2.67. The third-order valence-electron chi connectivity index (χ3n) is 2.00. The van der Waals surface area contributed by atoms with Gasteiger partial charge in [-0.15, -0.1) is 11.8 Å². The first-order valence-electron chi connectivity index (χ1n) is 4.40. The van der Waals surface area contributed by atoms with Crippen LogP contribution >= 0.6 is 11.8 Å². The summed E-state index contributed by atoms with van der Waals surface area (Å²) < 4.78 is 37.9. The largest absolute Gasteiger partial charge is 0.436 e. The molecule has 0 unspecified atom stereocenters. The Morgan fingerprint density at radius 3 is 2.12 bits per heavy atom. The van der Waals surface area contributed by atoms with Crippen molar-refractivity contribution >= 4 is 22.8 Å². The lowest BCUT2D eigenvalue weighted by atomic mass is 10.3. The van der Waals surface area contributed by atoms with Gasteiger partial charge >= 0.3 is 6.18 Å². The highest BCUT2D eigenvalue weighted by Gasteiger charge is 2.36. The Kier molecular flexibility index (Phi) is 2.75. The molecule has 1 aromatic carbocycles. The fourth-order valence-corrected chi connectivity index (χ4v) is 1.86. The van der Waals surface area contributed by atoms with E-state index in [-0.39, 0.29) is 10.5 Å². The van der Waals surface area contributed by atoms with Gasteiger partial charge in [-0.05, 0) is 18.4 Å². The molecule has 0 aliphatic carbocycles. The molecule has 0 aliphatic rings. The molecule has 2 rings (SSSR count). The number of para-hydroxylation sites is 2. The van der Waals surface area contributed by atoms with Crippen molar-refractivity contribution in [2.75, 3.05) is 6.26 Å². The summed E-state index contributed by atoms with van der Waals surface area (Å²) in [4.78, 5) is 7.55. The van der Waals surface area contributed by atoms with Gasteiger partial charge in [-0.3, -0.25) is 0 Å². The number of fused-ring (bicyclic) bond motifs is 1. The Morgan fingerprint density at radius 1 is 1.06 bits per heavy atom. The number of thioether (sulfide) groups is 1. The number of halogens is 3. The van der Waals surface area contributed by atoms with Gasteiger partial charge in [0, 0.05) is 0 Å². The molecule has 0 fully saturated rings. The van der Waals surface area contributed by atoms with Crippen molar-refractivity contribution in [3.05, 3.63) is 30.0 Å². The summed E-state index contributed by atoms with van der Waals surface area (Å²) in [5.74, 6) is 0. The van der Waals surface area contributed by atoms with Gasteiger partial charge in [0.1, 0.15) is 5.03 Å². The molecule has 0 bridgehead atoms. The van der Waals surface area contributed by atoms with Gasteiger partial charge in [-0.1, -0.05) is 12.1 Å². The molecule has 6 heteroatoms. The van der Waals surface area contributed by atoms with E-state index in [1.165, 1.54) is 6.07 Å². The van der Waals surface area contributed by atoms with Crippen LogP contribution in [0.5, 0.6) is 0 Å². The molecule has 0 amide bonds. The smallest absolute Gasteiger partial charge is 0.239 e. The van der Waals surface area contributed by atoms with E-state index in [4.69, 9.17) is 0 Å². The minimum Gasteiger partial charge on any atom is -0.239 e. The molecule has 84 valence electrons. The van der Waals surface area contributed by atoms with Gasteiger partial charge in [0.2, 0.25) is 0 Å². The van der Waals surface area contributed by atoms with E-state index in [0.717, 1.165) is 11.8 Å². The maximum Gasteiger partial charge on any atom is 0.436 e. The van der Waals surface area contributed by atoms with E-state index in [0.29, 0.717) is 5.52 Å². The Labute approximate surface area is 93.9 Å². The van der Waals surface area contributed by atoms with Gasteiger partial charge in [-0.2, -0.15) is 13.2 Å². The van der Waals surface area contributed by atoms with Crippen LogP contribution < -0.4 is 0 Å². The SMILES string of the molecule is CSc1nc2ccccc2nc1C(F)(F)F. The fourth-order valence-electron chi connectivity index (χ4n) is 1.31. The quantitative estimate of drug-likeness (QED) is 0.719.